The summed E-state index contributed by atoms with van der Waals surface area (Å²) in [6.45, 7) is 2.97. The number of rotatable bonds is 3. The van der Waals surface area contributed by atoms with Gasteiger partial charge in [-0.05, 0) is 6.92 Å². The third-order valence-electron chi connectivity index (χ3n) is 2.57. The van der Waals surface area contributed by atoms with Crippen molar-refractivity contribution in [2.24, 2.45) is 0 Å². The number of hydrogen-bond donors (Lipinski definition) is 2. The van der Waals surface area contributed by atoms with Crippen molar-refractivity contribution in [1.82, 2.24) is 9.36 Å². The van der Waals surface area contributed by atoms with Crippen LogP contribution in [0.4, 0.5) is 5.13 Å². The van der Waals surface area contributed by atoms with Gasteiger partial charge in [-0.15, -0.1) is 0 Å². The molecule has 0 spiro atoms. The van der Waals surface area contributed by atoms with E-state index in [1.807, 2.05) is 6.92 Å². The number of hydrogen-bond acceptors (Lipinski definition) is 6. The van der Waals surface area contributed by atoms with E-state index >= 15 is 0 Å². The second-order valence-corrected chi connectivity index (χ2v) is 4.25. The summed E-state index contributed by atoms with van der Waals surface area (Å²) in [4.78, 5) is 3.98. The fourth-order valence-corrected chi connectivity index (χ4v) is 1.91. The Bertz CT molecular complexity index is 293. The summed E-state index contributed by atoms with van der Waals surface area (Å²) in [5.74, 6) is 0. The van der Waals surface area contributed by atoms with Crippen LogP contribution in [0.5, 0.6) is 0 Å². The Kier molecular flexibility index (Phi) is 2.66. The molecule has 1 aliphatic heterocycles. The fourth-order valence-electron chi connectivity index (χ4n) is 1.48. The van der Waals surface area contributed by atoms with Crippen LogP contribution in [0.25, 0.3) is 0 Å². The largest absolute Gasteiger partial charge is 0.385 e. The van der Waals surface area contributed by atoms with Gasteiger partial charge < -0.3 is 15.2 Å². The highest BCUT2D eigenvalue weighted by atomic mass is 32.1. The van der Waals surface area contributed by atoms with Crippen LogP contribution in [0.15, 0.2) is 6.33 Å². The predicted octanol–water partition coefficient (Wildman–Crippen LogP) is 0.490. The Balaban J connectivity index is 1.91. The van der Waals surface area contributed by atoms with Gasteiger partial charge in [0.25, 0.3) is 0 Å². The molecule has 0 radical (unpaired) electrons. The lowest BCUT2D eigenvalue weighted by Crippen LogP contribution is -2.42. The van der Waals surface area contributed by atoms with E-state index in [1.165, 1.54) is 17.9 Å². The molecule has 2 unspecified atom stereocenters. The van der Waals surface area contributed by atoms with E-state index in [-0.39, 0.29) is 6.10 Å². The topological polar surface area (TPSA) is 67.3 Å². The number of anilines is 1. The van der Waals surface area contributed by atoms with Crippen LogP contribution in [0.2, 0.25) is 0 Å². The zero-order valence-electron chi connectivity index (χ0n) is 7.93. The molecule has 2 heterocycles. The highest BCUT2D eigenvalue weighted by molar-refractivity contribution is 7.09. The predicted molar refractivity (Wildman–Crippen MR) is 53.4 cm³/mol. The molecule has 1 fully saturated rings. The molecule has 1 aliphatic rings. The summed E-state index contributed by atoms with van der Waals surface area (Å²) in [7, 11) is 0. The Morgan fingerprint density at radius 3 is 3.29 bits per heavy atom. The average molecular weight is 215 g/mol. The SMILES string of the molecule is CC1OCCC1(O)CNc1ncns1. The van der Waals surface area contributed by atoms with E-state index in [0.29, 0.717) is 19.6 Å². The molecule has 2 N–H and O–H groups in total. The van der Waals surface area contributed by atoms with Crippen LogP contribution in [-0.2, 0) is 4.74 Å². The third kappa shape index (κ3) is 1.87. The normalized spacial score (nSPS) is 32.0. The molecule has 1 aromatic heterocycles. The van der Waals surface area contributed by atoms with E-state index in [4.69, 9.17) is 4.74 Å². The molecule has 1 saturated heterocycles. The van der Waals surface area contributed by atoms with E-state index in [1.54, 1.807) is 0 Å². The van der Waals surface area contributed by atoms with Gasteiger partial charge in [0.05, 0.1) is 6.10 Å². The van der Waals surface area contributed by atoms with Crippen LogP contribution < -0.4 is 5.32 Å². The Labute approximate surface area is 86.3 Å². The Morgan fingerprint density at radius 1 is 1.86 bits per heavy atom. The second kappa shape index (κ2) is 3.80. The van der Waals surface area contributed by atoms with Gasteiger partial charge in [-0.1, -0.05) is 0 Å². The van der Waals surface area contributed by atoms with E-state index in [0.717, 1.165) is 5.13 Å². The summed E-state index contributed by atoms with van der Waals surface area (Å²) in [6, 6.07) is 0. The first kappa shape index (κ1) is 9.82. The quantitative estimate of drug-likeness (QED) is 0.768. The lowest BCUT2D eigenvalue weighted by molar-refractivity contribution is -0.0175. The Morgan fingerprint density at radius 2 is 2.71 bits per heavy atom. The maximum Gasteiger partial charge on any atom is 0.202 e. The van der Waals surface area contributed by atoms with Crippen LogP contribution in [0.3, 0.4) is 0 Å². The molecule has 1 aromatic rings. The maximum absolute atomic E-state index is 10.1. The van der Waals surface area contributed by atoms with Crippen molar-refractivity contribution < 1.29 is 9.84 Å². The van der Waals surface area contributed by atoms with Crippen molar-refractivity contribution >= 4 is 16.7 Å². The van der Waals surface area contributed by atoms with Gasteiger partial charge in [0, 0.05) is 31.1 Å². The first-order valence-electron chi connectivity index (χ1n) is 4.55. The van der Waals surface area contributed by atoms with Crippen molar-refractivity contribution in [3.8, 4) is 0 Å². The second-order valence-electron chi connectivity index (χ2n) is 3.47. The number of nitrogens with one attached hydrogen (secondary N) is 1. The molecule has 0 amide bonds. The minimum Gasteiger partial charge on any atom is -0.385 e. The molecule has 5 nitrogen and oxygen atoms in total. The van der Waals surface area contributed by atoms with E-state index < -0.39 is 5.60 Å². The minimum atomic E-state index is -0.772. The van der Waals surface area contributed by atoms with Crippen LogP contribution >= 0.6 is 11.5 Å². The van der Waals surface area contributed by atoms with Gasteiger partial charge in [-0.25, -0.2) is 4.98 Å². The van der Waals surface area contributed by atoms with Crippen molar-refractivity contribution in [2.75, 3.05) is 18.5 Å². The molecule has 0 bridgehead atoms. The van der Waals surface area contributed by atoms with E-state index in [9.17, 15) is 5.11 Å². The molecule has 0 aromatic carbocycles. The standard InChI is InChI=1S/C8H13N3O2S/c1-6-8(12,2-3-13-6)4-9-7-10-5-11-14-7/h5-6,12H,2-4H2,1H3,(H,9,10,11). The monoisotopic (exact) mass is 215 g/mol. The molecule has 0 aliphatic carbocycles. The molecule has 0 saturated carbocycles. The van der Waals surface area contributed by atoms with Crippen LogP contribution in [0, 0.1) is 0 Å². The van der Waals surface area contributed by atoms with Gasteiger partial charge in [0.15, 0.2) is 0 Å². The summed E-state index contributed by atoms with van der Waals surface area (Å²) >= 11 is 1.28. The number of ether oxygens (including phenoxy) is 1. The molecule has 2 rings (SSSR count). The molecule has 2 atom stereocenters. The van der Waals surface area contributed by atoms with Crippen molar-refractivity contribution in [2.45, 2.75) is 25.0 Å². The lowest BCUT2D eigenvalue weighted by atomic mass is 9.97. The highest BCUT2D eigenvalue weighted by Crippen LogP contribution is 2.26. The van der Waals surface area contributed by atoms with E-state index in [2.05, 4.69) is 14.7 Å². The fraction of sp³-hybridized carbons (Fsp3) is 0.750. The van der Waals surface area contributed by atoms with Crippen molar-refractivity contribution in [3.05, 3.63) is 6.33 Å². The average Bonchev–Trinajstić information content (AvgIpc) is 2.75. The first-order valence-corrected chi connectivity index (χ1v) is 5.32. The summed E-state index contributed by atoms with van der Waals surface area (Å²) in [5, 5.41) is 13.9. The minimum absolute atomic E-state index is 0.122. The zero-order valence-corrected chi connectivity index (χ0v) is 8.75. The third-order valence-corrected chi connectivity index (χ3v) is 3.19. The molecular weight excluding hydrogens is 202 g/mol. The lowest BCUT2D eigenvalue weighted by Gasteiger charge is -2.25. The van der Waals surface area contributed by atoms with Gasteiger partial charge in [-0.3, -0.25) is 0 Å². The van der Waals surface area contributed by atoms with Crippen molar-refractivity contribution in [3.63, 3.8) is 0 Å². The number of aromatic nitrogens is 2. The summed E-state index contributed by atoms with van der Waals surface area (Å²) in [5.41, 5.74) is -0.772. The maximum atomic E-state index is 10.1. The molecule has 14 heavy (non-hydrogen) atoms. The highest BCUT2D eigenvalue weighted by Gasteiger charge is 2.39. The van der Waals surface area contributed by atoms with Gasteiger partial charge in [0.1, 0.15) is 11.9 Å². The Hall–Kier alpha value is -0.720. The van der Waals surface area contributed by atoms with Crippen LogP contribution in [-0.4, -0.2) is 39.3 Å². The van der Waals surface area contributed by atoms with Gasteiger partial charge in [0.2, 0.25) is 5.13 Å². The smallest absolute Gasteiger partial charge is 0.202 e. The zero-order chi connectivity index (χ0) is 10.0. The first-order chi connectivity index (χ1) is 6.71. The summed E-state index contributed by atoms with van der Waals surface area (Å²) < 4.78 is 9.18. The summed E-state index contributed by atoms with van der Waals surface area (Å²) in [6.07, 6.45) is 2.04. The number of nitrogens with zero attached hydrogens (tertiary/aromatic N) is 2. The molecular formula is C8H13N3O2S. The van der Waals surface area contributed by atoms with Crippen molar-refractivity contribution in [1.29, 1.82) is 0 Å². The van der Waals surface area contributed by atoms with Gasteiger partial charge >= 0.3 is 0 Å². The molecule has 78 valence electrons. The van der Waals surface area contributed by atoms with Gasteiger partial charge in [-0.2, -0.15) is 4.37 Å². The van der Waals surface area contributed by atoms with Crippen LogP contribution in [0.1, 0.15) is 13.3 Å². The number of aliphatic hydroxyl groups is 1. The molecule has 6 heteroatoms.